The average molecular weight is 455 g/mol. The third kappa shape index (κ3) is 4.81. The molecule has 3 aromatic heterocycles. The Balaban J connectivity index is 1.78. The molecule has 4 rings (SSSR count). The lowest BCUT2D eigenvalue weighted by Gasteiger charge is -2.19. The Labute approximate surface area is 190 Å². The largest absolute Gasteiger partial charge is 0.493 e. The monoisotopic (exact) mass is 454 g/mol. The summed E-state index contributed by atoms with van der Waals surface area (Å²) in [6.07, 6.45) is 4.41. The molecule has 0 amide bonds. The Morgan fingerprint density at radius 3 is 2.88 bits per heavy atom. The molecule has 1 aliphatic heterocycles. The van der Waals surface area contributed by atoms with Crippen LogP contribution in [-0.4, -0.2) is 58.8 Å². The number of hydrogen-bond acceptors (Lipinski definition) is 8. The predicted octanol–water partition coefficient (Wildman–Crippen LogP) is 2.11. The molecule has 174 valence electrons. The minimum atomic E-state index is -0.826. The summed E-state index contributed by atoms with van der Waals surface area (Å²) in [4.78, 5) is 8.69. The van der Waals surface area contributed by atoms with Gasteiger partial charge < -0.3 is 25.6 Å². The summed E-state index contributed by atoms with van der Waals surface area (Å²) in [5.41, 5.74) is 10.6. The fourth-order valence-electron chi connectivity index (χ4n) is 3.72. The van der Waals surface area contributed by atoms with Gasteiger partial charge in [0, 0.05) is 42.7 Å². The topological polar surface area (TPSA) is 119 Å². The van der Waals surface area contributed by atoms with Crippen LogP contribution in [0.1, 0.15) is 30.7 Å². The lowest BCUT2D eigenvalue weighted by Crippen LogP contribution is -2.17. The van der Waals surface area contributed by atoms with Gasteiger partial charge in [-0.3, -0.25) is 9.98 Å². The van der Waals surface area contributed by atoms with Crippen LogP contribution in [0.2, 0.25) is 0 Å². The van der Waals surface area contributed by atoms with E-state index in [4.69, 9.17) is 15.2 Å². The van der Waals surface area contributed by atoms with Crippen molar-refractivity contribution in [2.24, 2.45) is 10.7 Å². The van der Waals surface area contributed by atoms with Gasteiger partial charge in [-0.05, 0) is 30.7 Å². The Morgan fingerprint density at radius 1 is 1.30 bits per heavy atom. The average Bonchev–Trinajstić information content (AvgIpc) is 3.06. The molecule has 0 saturated carbocycles. The SMILES string of the molecule is COc1cnn2cc(/C(N)=C(\C)C3=NCCNCC3)cc(OC(CO)c3ccc(F)cn3)c12. The number of halogens is 1. The van der Waals surface area contributed by atoms with Crippen molar-refractivity contribution in [3.05, 3.63) is 59.4 Å². The number of hydrogen-bond donors (Lipinski definition) is 3. The van der Waals surface area contributed by atoms with Crippen LogP contribution in [0.3, 0.4) is 0 Å². The molecular formula is C23H27FN6O3. The number of pyridine rings is 2. The molecule has 10 heteroatoms. The molecular weight excluding hydrogens is 427 g/mol. The molecule has 0 fully saturated rings. The van der Waals surface area contributed by atoms with Crippen LogP contribution in [0, 0.1) is 5.82 Å². The van der Waals surface area contributed by atoms with Crippen molar-refractivity contribution in [3.63, 3.8) is 0 Å². The molecule has 3 aromatic rings. The van der Waals surface area contributed by atoms with Crippen LogP contribution in [0.4, 0.5) is 4.39 Å². The van der Waals surface area contributed by atoms with Crippen molar-refractivity contribution in [1.82, 2.24) is 19.9 Å². The molecule has 4 heterocycles. The Bertz CT molecular complexity index is 1190. The number of nitrogens with two attached hydrogens (primary N) is 1. The lowest BCUT2D eigenvalue weighted by molar-refractivity contribution is 0.114. The summed E-state index contributed by atoms with van der Waals surface area (Å²) in [6.45, 7) is 3.97. The van der Waals surface area contributed by atoms with Gasteiger partial charge in [0.05, 0.1) is 38.3 Å². The van der Waals surface area contributed by atoms with Gasteiger partial charge in [-0.1, -0.05) is 0 Å². The first kappa shape index (κ1) is 22.7. The van der Waals surface area contributed by atoms with Gasteiger partial charge in [0.25, 0.3) is 0 Å². The lowest BCUT2D eigenvalue weighted by atomic mass is 10.0. The van der Waals surface area contributed by atoms with E-state index < -0.39 is 11.9 Å². The molecule has 0 aliphatic carbocycles. The number of aliphatic imine (C=N–C) groups is 1. The zero-order valence-corrected chi connectivity index (χ0v) is 18.6. The highest BCUT2D eigenvalue weighted by atomic mass is 19.1. The third-order valence-electron chi connectivity index (χ3n) is 5.56. The van der Waals surface area contributed by atoms with E-state index in [9.17, 15) is 9.50 Å². The Kier molecular flexibility index (Phi) is 6.85. The summed E-state index contributed by atoms with van der Waals surface area (Å²) < 4.78 is 26.5. The minimum Gasteiger partial charge on any atom is -0.493 e. The van der Waals surface area contributed by atoms with Gasteiger partial charge in [-0.15, -0.1) is 0 Å². The Morgan fingerprint density at radius 2 is 2.15 bits per heavy atom. The zero-order valence-electron chi connectivity index (χ0n) is 18.6. The van der Waals surface area contributed by atoms with Gasteiger partial charge in [0.15, 0.2) is 23.1 Å². The van der Waals surface area contributed by atoms with E-state index in [1.165, 1.54) is 19.2 Å². The van der Waals surface area contributed by atoms with Gasteiger partial charge >= 0.3 is 0 Å². The van der Waals surface area contributed by atoms with Gasteiger partial charge in [0.2, 0.25) is 0 Å². The van der Waals surface area contributed by atoms with E-state index in [1.807, 2.05) is 6.92 Å². The van der Waals surface area contributed by atoms with E-state index in [-0.39, 0.29) is 6.61 Å². The molecule has 0 spiro atoms. The molecule has 0 saturated heterocycles. The van der Waals surface area contributed by atoms with Crippen molar-refractivity contribution in [2.45, 2.75) is 19.4 Å². The molecule has 0 bridgehead atoms. The second-order valence-corrected chi connectivity index (χ2v) is 7.66. The second-order valence-electron chi connectivity index (χ2n) is 7.66. The molecule has 9 nitrogen and oxygen atoms in total. The first-order chi connectivity index (χ1) is 16.0. The van der Waals surface area contributed by atoms with Crippen molar-refractivity contribution in [3.8, 4) is 11.5 Å². The molecule has 0 aromatic carbocycles. The molecule has 1 aliphatic rings. The maximum atomic E-state index is 13.3. The van der Waals surface area contributed by atoms with E-state index in [2.05, 4.69) is 20.4 Å². The zero-order chi connectivity index (χ0) is 23.4. The smallest absolute Gasteiger partial charge is 0.168 e. The molecule has 4 N–H and O–H groups in total. The van der Waals surface area contributed by atoms with Crippen molar-refractivity contribution < 1.29 is 19.0 Å². The summed E-state index contributed by atoms with van der Waals surface area (Å²) in [5, 5.41) is 17.6. The number of rotatable bonds is 7. The van der Waals surface area contributed by atoms with Crippen LogP contribution in [0.5, 0.6) is 11.5 Å². The van der Waals surface area contributed by atoms with Crippen LogP contribution >= 0.6 is 0 Å². The standard InChI is InChI=1S/C23H27FN6O3/c1-14(17-5-6-26-7-8-27-17)22(25)15-9-19(23-20(32-2)11-29-30(23)12-15)33-21(13-31)18-4-3-16(24)10-28-18/h3-4,9-12,21,26,31H,5-8,13,25H2,1-2H3/b22-14-. The maximum absolute atomic E-state index is 13.3. The summed E-state index contributed by atoms with van der Waals surface area (Å²) in [5.74, 6) is 0.424. The number of fused-ring (bicyclic) bond motifs is 1. The highest BCUT2D eigenvalue weighted by Gasteiger charge is 2.21. The fraction of sp³-hybridized carbons (Fsp3) is 0.348. The minimum absolute atomic E-state index is 0.361. The molecule has 33 heavy (non-hydrogen) atoms. The third-order valence-corrected chi connectivity index (χ3v) is 5.56. The maximum Gasteiger partial charge on any atom is 0.168 e. The first-order valence-corrected chi connectivity index (χ1v) is 10.7. The highest BCUT2D eigenvalue weighted by Crippen LogP contribution is 2.34. The van der Waals surface area contributed by atoms with E-state index in [0.29, 0.717) is 40.5 Å². The quantitative estimate of drug-likeness (QED) is 0.500. The summed E-state index contributed by atoms with van der Waals surface area (Å²) in [7, 11) is 1.54. The van der Waals surface area contributed by atoms with Crippen LogP contribution < -0.4 is 20.5 Å². The number of aliphatic hydroxyl groups is 1. The number of aromatic nitrogens is 3. The number of ether oxygens (including phenoxy) is 2. The fourth-order valence-corrected chi connectivity index (χ4v) is 3.72. The van der Waals surface area contributed by atoms with Gasteiger partial charge in [-0.25, -0.2) is 8.91 Å². The second kappa shape index (κ2) is 9.97. The van der Waals surface area contributed by atoms with Gasteiger partial charge in [-0.2, -0.15) is 5.10 Å². The van der Waals surface area contributed by atoms with Crippen molar-refractivity contribution in [2.75, 3.05) is 33.4 Å². The molecule has 1 atom stereocenters. The normalized spacial score (nSPS) is 16.1. The van der Waals surface area contributed by atoms with Crippen LogP contribution in [-0.2, 0) is 0 Å². The van der Waals surface area contributed by atoms with E-state index in [1.54, 1.807) is 23.0 Å². The van der Waals surface area contributed by atoms with E-state index in [0.717, 1.165) is 37.0 Å². The number of allylic oxidation sites excluding steroid dienone is 1. The first-order valence-electron chi connectivity index (χ1n) is 10.7. The number of methoxy groups -OCH3 is 1. The van der Waals surface area contributed by atoms with Crippen molar-refractivity contribution in [1.29, 1.82) is 0 Å². The molecule has 1 unspecified atom stereocenters. The van der Waals surface area contributed by atoms with Crippen molar-refractivity contribution >= 4 is 16.9 Å². The number of nitrogens with zero attached hydrogens (tertiary/aromatic N) is 4. The highest BCUT2D eigenvalue weighted by molar-refractivity contribution is 6.05. The number of nitrogens with one attached hydrogen (secondary N) is 1. The van der Waals surface area contributed by atoms with Crippen LogP contribution in [0.25, 0.3) is 11.2 Å². The number of aliphatic hydroxyl groups excluding tert-OH is 1. The predicted molar refractivity (Wildman–Crippen MR) is 123 cm³/mol. The van der Waals surface area contributed by atoms with Gasteiger partial charge in [0.1, 0.15) is 5.82 Å². The van der Waals surface area contributed by atoms with Crippen LogP contribution in [0.15, 0.2) is 47.4 Å². The summed E-state index contributed by atoms with van der Waals surface area (Å²) >= 11 is 0. The molecule has 0 radical (unpaired) electrons. The Hall–Kier alpha value is -3.50. The summed E-state index contributed by atoms with van der Waals surface area (Å²) in [6, 6.07) is 4.52. The van der Waals surface area contributed by atoms with E-state index >= 15 is 0 Å².